The Morgan fingerprint density at radius 1 is 1.28 bits per heavy atom. The van der Waals surface area contributed by atoms with Crippen LogP contribution < -0.4 is 0 Å². The number of hydrogen-bond donors (Lipinski definition) is 0. The lowest BCUT2D eigenvalue weighted by Crippen LogP contribution is -2.29. The Kier molecular flexibility index (Phi) is 6.36. The van der Waals surface area contributed by atoms with E-state index < -0.39 is 0 Å². The third-order valence-electron chi connectivity index (χ3n) is 3.75. The van der Waals surface area contributed by atoms with Gasteiger partial charge in [-0.15, -0.1) is 0 Å². The first kappa shape index (κ1) is 15.7. The molecule has 1 rings (SSSR count). The third kappa shape index (κ3) is 3.82. The van der Waals surface area contributed by atoms with Crippen LogP contribution in [0, 0.1) is 12.8 Å². The minimum Gasteiger partial charge on any atom is -0.297 e. The van der Waals surface area contributed by atoms with Crippen LogP contribution in [0.25, 0.3) is 0 Å². The first-order valence-corrected chi connectivity index (χ1v) is 7.72. The van der Waals surface area contributed by atoms with Crippen molar-refractivity contribution in [3.63, 3.8) is 0 Å². The van der Waals surface area contributed by atoms with Crippen LogP contribution >= 0.6 is 15.9 Å². The highest BCUT2D eigenvalue weighted by Gasteiger charge is 2.16. The summed E-state index contributed by atoms with van der Waals surface area (Å²) in [7, 11) is 2.03. The van der Waals surface area contributed by atoms with Crippen LogP contribution in [0.3, 0.4) is 0 Å². The molecule has 1 heterocycles. The topological polar surface area (TPSA) is 21.1 Å². The maximum Gasteiger partial charge on any atom is 0.0739 e. The first-order chi connectivity index (χ1) is 8.53. The summed E-state index contributed by atoms with van der Waals surface area (Å²) in [5.74, 6) is 0.804. The lowest BCUT2D eigenvalue weighted by molar-refractivity contribution is 0.221. The van der Waals surface area contributed by atoms with Crippen molar-refractivity contribution in [2.45, 2.75) is 47.1 Å². The van der Waals surface area contributed by atoms with Crippen LogP contribution in [0.2, 0.25) is 0 Å². The van der Waals surface area contributed by atoms with E-state index in [1.165, 1.54) is 25.1 Å². The van der Waals surface area contributed by atoms with Gasteiger partial charge in [0, 0.05) is 20.1 Å². The van der Waals surface area contributed by atoms with Gasteiger partial charge in [0.05, 0.1) is 15.9 Å². The molecule has 104 valence electrons. The van der Waals surface area contributed by atoms with Crippen molar-refractivity contribution in [2.75, 3.05) is 13.1 Å². The van der Waals surface area contributed by atoms with E-state index in [2.05, 4.69) is 46.7 Å². The van der Waals surface area contributed by atoms with Gasteiger partial charge >= 0.3 is 0 Å². The fraction of sp³-hybridized carbons (Fsp3) is 0.786. The number of nitrogens with zero attached hydrogens (tertiary/aromatic N) is 3. The number of aryl methyl sites for hydroxylation is 2. The Morgan fingerprint density at radius 3 is 2.28 bits per heavy atom. The van der Waals surface area contributed by atoms with Crippen molar-refractivity contribution in [2.24, 2.45) is 13.0 Å². The van der Waals surface area contributed by atoms with E-state index >= 15 is 0 Å². The van der Waals surface area contributed by atoms with Crippen molar-refractivity contribution in [3.05, 3.63) is 15.9 Å². The van der Waals surface area contributed by atoms with E-state index in [1.54, 1.807) is 0 Å². The maximum absolute atomic E-state index is 4.46. The average Bonchev–Trinajstić information content (AvgIpc) is 2.60. The second-order valence-corrected chi connectivity index (χ2v) is 5.77. The summed E-state index contributed by atoms with van der Waals surface area (Å²) in [5, 5.41) is 4.46. The summed E-state index contributed by atoms with van der Waals surface area (Å²) < 4.78 is 3.16. The normalized spacial score (nSPS) is 11.8. The molecule has 0 saturated heterocycles. The lowest BCUT2D eigenvalue weighted by atomic mass is 10.0. The zero-order chi connectivity index (χ0) is 13.7. The molecule has 0 aliphatic rings. The quantitative estimate of drug-likeness (QED) is 0.764. The number of aromatic nitrogens is 2. The van der Waals surface area contributed by atoms with Gasteiger partial charge in [-0.3, -0.25) is 9.58 Å². The molecule has 0 aliphatic carbocycles. The molecule has 0 unspecified atom stereocenters. The Balaban J connectivity index is 2.73. The zero-order valence-corrected chi connectivity index (χ0v) is 13.9. The summed E-state index contributed by atoms with van der Waals surface area (Å²) in [4.78, 5) is 2.51. The highest BCUT2D eigenvalue weighted by Crippen LogP contribution is 2.22. The molecule has 1 aromatic rings. The van der Waals surface area contributed by atoms with E-state index in [-0.39, 0.29) is 0 Å². The van der Waals surface area contributed by atoms with Gasteiger partial charge in [0.15, 0.2) is 0 Å². The molecule has 4 heteroatoms. The predicted octanol–water partition coefficient (Wildman–Crippen LogP) is 3.75. The van der Waals surface area contributed by atoms with Gasteiger partial charge in [-0.2, -0.15) is 5.10 Å². The van der Waals surface area contributed by atoms with E-state index in [0.29, 0.717) is 0 Å². The van der Waals surface area contributed by atoms with Crippen LogP contribution in [-0.2, 0) is 13.6 Å². The molecule has 0 saturated carbocycles. The fourth-order valence-electron chi connectivity index (χ4n) is 2.28. The Labute approximate surface area is 120 Å². The minimum atomic E-state index is 0.804. The van der Waals surface area contributed by atoms with Gasteiger partial charge in [0.25, 0.3) is 0 Å². The second-order valence-electron chi connectivity index (χ2n) is 4.98. The molecule has 0 atom stereocenters. The van der Waals surface area contributed by atoms with Gasteiger partial charge in [-0.1, -0.05) is 33.6 Å². The maximum atomic E-state index is 4.46. The summed E-state index contributed by atoms with van der Waals surface area (Å²) >= 11 is 3.65. The average molecular weight is 316 g/mol. The number of rotatable bonds is 7. The van der Waals surface area contributed by atoms with Crippen LogP contribution in [0.5, 0.6) is 0 Å². The molecule has 0 spiro atoms. The molecule has 0 N–H and O–H groups in total. The molecule has 0 radical (unpaired) electrons. The van der Waals surface area contributed by atoms with E-state index in [0.717, 1.165) is 29.2 Å². The minimum absolute atomic E-state index is 0.804. The van der Waals surface area contributed by atoms with Crippen molar-refractivity contribution < 1.29 is 0 Å². The molecule has 1 aromatic heterocycles. The van der Waals surface area contributed by atoms with Crippen molar-refractivity contribution in [1.29, 1.82) is 0 Å². The molecule has 18 heavy (non-hydrogen) atoms. The molecular weight excluding hydrogens is 290 g/mol. The molecule has 0 bridgehead atoms. The Morgan fingerprint density at radius 2 is 1.89 bits per heavy atom. The Bertz CT molecular complexity index is 369. The predicted molar refractivity (Wildman–Crippen MR) is 80.7 cm³/mol. The molecule has 0 aliphatic heterocycles. The fourth-order valence-corrected chi connectivity index (χ4v) is 2.74. The van der Waals surface area contributed by atoms with E-state index in [4.69, 9.17) is 0 Å². The van der Waals surface area contributed by atoms with Crippen LogP contribution in [0.4, 0.5) is 0 Å². The van der Waals surface area contributed by atoms with Gasteiger partial charge in [0.2, 0.25) is 0 Å². The number of hydrogen-bond acceptors (Lipinski definition) is 2. The molecule has 0 amide bonds. The largest absolute Gasteiger partial charge is 0.297 e. The SMILES string of the molecule is CCC(CC)CN(CC)Cc1c(Br)c(C)nn1C. The summed E-state index contributed by atoms with van der Waals surface area (Å²) in [5.41, 5.74) is 2.35. The van der Waals surface area contributed by atoms with Gasteiger partial charge < -0.3 is 0 Å². The van der Waals surface area contributed by atoms with Gasteiger partial charge in [-0.25, -0.2) is 0 Å². The van der Waals surface area contributed by atoms with E-state index in [1.807, 2.05) is 18.7 Å². The van der Waals surface area contributed by atoms with Crippen molar-refractivity contribution in [3.8, 4) is 0 Å². The van der Waals surface area contributed by atoms with Crippen LogP contribution in [-0.4, -0.2) is 27.8 Å². The molecule has 0 fully saturated rings. The summed E-state index contributed by atoms with van der Waals surface area (Å²) in [6, 6.07) is 0. The summed E-state index contributed by atoms with van der Waals surface area (Å²) in [6.07, 6.45) is 2.52. The molecule has 3 nitrogen and oxygen atoms in total. The highest BCUT2D eigenvalue weighted by molar-refractivity contribution is 9.10. The van der Waals surface area contributed by atoms with Crippen LogP contribution in [0.15, 0.2) is 4.47 Å². The lowest BCUT2D eigenvalue weighted by Gasteiger charge is -2.25. The van der Waals surface area contributed by atoms with Gasteiger partial charge in [0.1, 0.15) is 0 Å². The van der Waals surface area contributed by atoms with Crippen LogP contribution in [0.1, 0.15) is 45.0 Å². The Hall–Kier alpha value is -0.350. The molecule has 0 aromatic carbocycles. The third-order valence-corrected chi connectivity index (χ3v) is 4.78. The first-order valence-electron chi connectivity index (χ1n) is 6.93. The van der Waals surface area contributed by atoms with Gasteiger partial charge in [-0.05, 0) is 35.3 Å². The summed E-state index contributed by atoms with van der Waals surface area (Å²) in [6.45, 7) is 12.1. The zero-order valence-electron chi connectivity index (χ0n) is 12.3. The smallest absolute Gasteiger partial charge is 0.0739 e. The molecular formula is C14H26BrN3. The highest BCUT2D eigenvalue weighted by atomic mass is 79.9. The monoisotopic (exact) mass is 315 g/mol. The number of halogens is 1. The standard InChI is InChI=1S/C14H26BrN3/c1-6-12(7-2)9-18(8-3)10-13-14(15)11(4)16-17(13)5/h12H,6-10H2,1-5H3. The van der Waals surface area contributed by atoms with E-state index in [9.17, 15) is 0 Å². The second kappa shape index (κ2) is 7.29. The van der Waals surface area contributed by atoms with Crippen molar-refractivity contribution >= 4 is 15.9 Å². The van der Waals surface area contributed by atoms with Crippen molar-refractivity contribution in [1.82, 2.24) is 14.7 Å².